The first-order valence-electron chi connectivity index (χ1n) is 6.02. The van der Waals surface area contributed by atoms with Crippen LogP contribution in [0.4, 0.5) is 5.69 Å². The second-order valence-electron chi connectivity index (χ2n) is 4.34. The van der Waals surface area contributed by atoms with Crippen LogP contribution < -0.4 is 10.1 Å². The molecular formula is C15H17NO3. The van der Waals surface area contributed by atoms with Gasteiger partial charge in [0.25, 0.3) is 0 Å². The van der Waals surface area contributed by atoms with Crippen LogP contribution in [-0.2, 0) is 0 Å². The van der Waals surface area contributed by atoms with Gasteiger partial charge in [-0.15, -0.1) is 0 Å². The maximum absolute atomic E-state index is 9.80. The first kappa shape index (κ1) is 13.1. The molecule has 1 atom stereocenters. The van der Waals surface area contributed by atoms with E-state index in [1.807, 2.05) is 31.2 Å². The molecule has 0 aliphatic heterocycles. The van der Waals surface area contributed by atoms with Gasteiger partial charge < -0.3 is 20.3 Å². The van der Waals surface area contributed by atoms with E-state index in [2.05, 4.69) is 5.32 Å². The third kappa shape index (κ3) is 3.10. The first-order valence-corrected chi connectivity index (χ1v) is 6.02. The molecule has 4 heteroatoms. The highest BCUT2D eigenvalue weighted by molar-refractivity contribution is 5.50. The van der Waals surface area contributed by atoms with Gasteiger partial charge in [-0.3, -0.25) is 0 Å². The SMILES string of the molecule is COc1ccc(NC(C)c2ccc(O)cc2O)cc1. The van der Waals surface area contributed by atoms with Gasteiger partial charge >= 0.3 is 0 Å². The van der Waals surface area contributed by atoms with Crippen LogP contribution in [0.5, 0.6) is 17.2 Å². The van der Waals surface area contributed by atoms with Gasteiger partial charge in [-0.05, 0) is 43.3 Å². The van der Waals surface area contributed by atoms with Crippen molar-refractivity contribution in [3.05, 3.63) is 48.0 Å². The molecule has 1 unspecified atom stereocenters. The van der Waals surface area contributed by atoms with Gasteiger partial charge in [0.1, 0.15) is 17.2 Å². The molecule has 0 spiro atoms. The molecule has 0 amide bonds. The Morgan fingerprint density at radius 2 is 1.74 bits per heavy atom. The number of hydrogen-bond acceptors (Lipinski definition) is 4. The van der Waals surface area contributed by atoms with Crippen molar-refractivity contribution in [3.8, 4) is 17.2 Å². The summed E-state index contributed by atoms with van der Waals surface area (Å²) in [5.41, 5.74) is 1.66. The summed E-state index contributed by atoms with van der Waals surface area (Å²) in [6.07, 6.45) is 0. The predicted octanol–water partition coefficient (Wildman–Crippen LogP) is 3.28. The number of phenolic OH excluding ortho intramolecular Hbond substituents is 2. The average molecular weight is 259 g/mol. The summed E-state index contributed by atoms with van der Waals surface area (Å²) in [5, 5.41) is 22.3. The second-order valence-corrected chi connectivity index (χ2v) is 4.34. The topological polar surface area (TPSA) is 61.7 Å². The molecule has 0 radical (unpaired) electrons. The van der Waals surface area contributed by atoms with E-state index in [1.165, 1.54) is 6.07 Å². The number of phenols is 2. The molecule has 2 aromatic carbocycles. The van der Waals surface area contributed by atoms with Crippen molar-refractivity contribution in [2.24, 2.45) is 0 Å². The van der Waals surface area contributed by atoms with Gasteiger partial charge in [0.2, 0.25) is 0 Å². The van der Waals surface area contributed by atoms with E-state index < -0.39 is 0 Å². The van der Waals surface area contributed by atoms with Crippen LogP contribution in [0, 0.1) is 0 Å². The van der Waals surface area contributed by atoms with Crippen molar-refractivity contribution >= 4 is 5.69 Å². The van der Waals surface area contributed by atoms with Gasteiger partial charge in [-0.2, -0.15) is 0 Å². The summed E-state index contributed by atoms with van der Waals surface area (Å²) in [7, 11) is 1.62. The molecule has 19 heavy (non-hydrogen) atoms. The molecule has 0 aliphatic carbocycles. The second kappa shape index (κ2) is 5.52. The number of rotatable bonds is 4. The molecule has 0 fully saturated rings. The average Bonchev–Trinajstić information content (AvgIpc) is 2.39. The molecule has 100 valence electrons. The lowest BCUT2D eigenvalue weighted by Crippen LogP contribution is -2.06. The van der Waals surface area contributed by atoms with E-state index in [0.29, 0.717) is 0 Å². The minimum Gasteiger partial charge on any atom is -0.508 e. The summed E-state index contributed by atoms with van der Waals surface area (Å²) in [4.78, 5) is 0. The normalized spacial score (nSPS) is 11.9. The molecular weight excluding hydrogens is 242 g/mol. The summed E-state index contributed by atoms with van der Waals surface area (Å²) >= 11 is 0. The molecule has 2 rings (SSSR count). The Kier molecular flexibility index (Phi) is 3.80. The summed E-state index contributed by atoms with van der Waals surface area (Å²) < 4.78 is 5.10. The van der Waals surface area contributed by atoms with Crippen LogP contribution in [0.2, 0.25) is 0 Å². The molecule has 0 aromatic heterocycles. The molecule has 0 heterocycles. The molecule has 4 nitrogen and oxygen atoms in total. The Hall–Kier alpha value is -2.36. The maximum Gasteiger partial charge on any atom is 0.124 e. The van der Waals surface area contributed by atoms with Crippen molar-refractivity contribution in [1.82, 2.24) is 0 Å². The highest BCUT2D eigenvalue weighted by atomic mass is 16.5. The largest absolute Gasteiger partial charge is 0.508 e. The van der Waals surface area contributed by atoms with Crippen LogP contribution in [0.1, 0.15) is 18.5 Å². The van der Waals surface area contributed by atoms with Gasteiger partial charge in [0.05, 0.1) is 13.2 Å². The van der Waals surface area contributed by atoms with Crippen molar-refractivity contribution in [2.45, 2.75) is 13.0 Å². The van der Waals surface area contributed by atoms with E-state index in [4.69, 9.17) is 4.74 Å². The highest BCUT2D eigenvalue weighted by Crippen LogP contribution is 2.30. The van der Waals surface area contributed by atoms with Gasteiger partial charge in [-0.1, -0.05) is 0 Å². The number of hydrogen-bond donors (Lipinski definition) is 3. The molecule has 2 aromatic rings. The lowest BCUT2D eigenvalue weighted by molar-refractivity contribution is 0.415. The quantitative estimate of drug-likeness (QED) is 0.788. The van der Waals surface area contributed by atoms with Crippen molar-refractivity contribution in [3.63, 3.8) is 0 Å². The first-order chi connectivity index (χ1) is 9.10. The molecule has 3 N–H and O–H groups in total. The van der Waals surface area contributed by atoms with Gasteiger partial charge in [0.15, 0.2) is 0 Å². The predicted molar refractivity (Wildman–Crippen MR) is 74.8 cm³/mol. The zero-order valence-electron chi connectivity index (χ0n) is 10.9. The summed E-state index contributed by atoms with van der Waals surface area (Å²) in [6.45, 7) is 1.94. The fraction of sp³-hybridized carbons (Fsp3) is 0.200. The summed E-state index contributed by atoms with van der Waals surface area (Å²) in [6, 6.07) is 12.1. The van der Waals surface area contributed by atoms with E-state index >= 15 is 0 Å². The van der Waals surface area contributed by atoms with E-state index in [9.17, 15) is 10.2 Å². The maximum atomic E-state index is 9.80. The van der Waals surface area contributed by atoms with Crippen molar-refractivity contribution in [1.29, 1.82) is 0 Å². The number of nitrogens with one attached hydrogen (secondary N) is 1. The van der Waals surface area contributed by atoms with Crippen LogP contribution in [0.15, 0.2) is 42.5 Å². The monoisotopic (exact) mass is 259 g/mol. The minimum atomic E-state index is -0.0750. The van der Waals surface area contributed by atoms with Crippen LogP contribution in [0.25, 0.3) is 0 Å². The summed E-state index contributed by atoms with van der Waals surface area (Å²) in [5.74, 6) is 0.928. The Balaban J connectivity index is 2.13. The van der Waals surface area contributed by atoms with E-state index in [0.717, 1.165) is 17.0 Å². The lowest BCUT2D eigenvalue weighted by Gasteiger charge is -2.17. The highest BCUT2D eigenvalue weighted by Gasteiger charge is 2.10. The van der Waals surface area contributed by atoms with Crippen molar-refractivity contribution < 1.29 is 14.9 Å². The Morgan fingerprint density at radius 1 is 1.05 bits per heavy atom. The minimum absolute atomic E-state index is 0.0536. The fourth-order valence-corrected chi connectivity index (χ4v) is 1.91. The van der Waals surface area contributed by atoms with Crippen molar-refractivity contribution in [2.75, 3.05) is 12.4 Å². The Bertz CT molecular complexity index is 552. The third-order valence-corrected chi connectivity index (χ3v) is 2.95. The lowest BCUT2D eigenvalue weighted by atomic mass is 10.1. The zero-order chi connectivity index (χ0) is 13.8. The zero-order valence-corrected chi connectivity index (χ0v) is 10.9. The van der Waals surface area contributed by atoms with Crippen LogP contribution in [-0.4, -0.2) is 17.3 Å². The number of ether oxygens (including phenoxy) is 1. The molecule has 0 aliphatic rings. The standard InChI is InChI=1S/C15H17NO3/c1-10(14-8-5-12(17)9-15(14)18)16-11-3-6-13(19-2)7-4-11/h3-10,16-18H,1-2H3. The molecule has 0 saturated carbocycles. The van der Waals surface area contributed by atoms with Crippen LogP contribution in [0.3, 0.4) is 0 Å². The van der Waals surface area contributed by atoms with Gasteiger partial charge in [0, 0.05) is 17.3 Å². The number of aromatic hydroxyl groups is 2. The van der Waals surface area contributed by atoms with E-state index in [1.54, 1.807) is 19.2 Å². The number of benzene rings is 2. The Morgan fingerprint density at radius 3 is 2.32 bits per heavy atom. The number of methoxy groups -OCH3 is 1. The Labute approximate surface area is 112 Å². The van der Waals surface area contributed by atoms with Gasteiger partial charge in [-0.25, -0.2) is 0 Å². The third-order valence-electron chi connectivity index (χ3n) is 2.95. The van der Waals surface area contributed by atoms with E-state index in [-0.39, 0.29) is 17.5 Å². The fourth-order valence-electron chi connectivity index (χ4n) is 1.91. The molecule has 0 saturated heterocycles. The smallest absolute Gasteiger partial charge is 0.124 e. The van der Waals surface area contributed by atoms with Crippen LogP contribution >= 0.6 is 0 Å². The number of anilines is 1. The molecule has 0 bridgehead atoms.